The zero-order valence-corrected chi connectivity index (χ0v) is 11.9. The maximum Gasteiger partial charge on any atom is 0.230 e. The normalized spacial score (nSPS) is 11.0. The lowest BCUT2D eigenvalue weighted by Crippen LogP contribution is -2.17. The standard InChI is InChI=1S/C16H18N4O/c1-13(20-18-12-14-7-9-17-10-8-14)11-16(21)19-15-5-3-2-4-6-15/h2-10,18H,11-12H2,1H3,(H,19,21). The van der Waals surface area contributed by atoms with Crippen LogP contribution in [0.4, 0.5) is 5.69 Å². The summed E-state index contributed by atoms with van der Waals surface area (Å²) in [6, 6.07) is 13.2. The molecule has 0 aliphatic heterocycles. The highest BCUT2D eigenvalue weighted by molar-refractivity contribution is 6.05. The molecule has 0 aliphatic rings. The highest BCUT2D eigenvalue weighted by atomic mass is 16.1. The van der Waals surface area contributed by atoms with Crippen LogP contribution in [0.15, 0.2) is 60.0 Å². The number of hydrogen-bond acceptors (Lipinski definition) is 4. The van der Waals surface area contributed by atoms with Gasteiger partial charge in [0.05, 0.1) is 13.0 Å². The number of nitrogens with zero attached hydrogens (tertiary/aromatic N) is 2. The van der Waals surface area contributed by atoms with Crippen molar-refractivity contribution in [2.75, 3.05) is 5.32 Å². The number of rotatable bonds is 6. The first-order valence-corrected chi connectivity index (χ1v) is 6.74. The Bertz CT molecular complexity index is 596. The summed E-state index contributed by atoms with van der Waals surface area (Å²) in [7, 11) is 0. The number of hydrazone groups is 1. The van der Waals surface area contributed by atoms with E-state index in [0.717, 1.165) is 17.0 Å². The summed E-state index contributed by atoms with van der Waals surface area (Å²) in [5.41, 5.74) is 5.57. The summed E-state index contributed by atoms with van der Waals surface area (Å²) in [5.74, 6) is -0.0758. The monoisotopic (exact) mass is 282 g/mol. The Labute approximate surface area is 124 Å². The van der Waals surface area contributed by atoms with Crippen molar-refractivity contribution in [3.05, 3.63) is 60.4 Å². The third-order valence-electron chi connectivity index (χ3n) is 2.78. The molecule has 2 aromatic rings. The minimum Gasteiger partial charge on any atom is -0.326 e. The van der Waals surface area contributed by atoms with Crippen LogP contribution in [0.3, 0.4) is 0 Å². The quantitative estimate of drug-likeness (QED) is 0.632. The van der Waals surface area contributed by atoms with Gasteiger partial charge in [0.25, 0.3) is 0 Å². The average Bonchev–Trinajstić information content (AvgIpc) is 2.49. The molecule has 0 unspecified atom stereocenters. The minimum atomic E-state index is -0.0758. The van der Waals surface area contributed by atoms with Gasteiger partial charge >= 0.3 is 0 Å². The lowest BCUT2D eigenvalue weighted by atomic mass is 10.2. The van der Waals surface area contributed by atoms with E-state index >= 15 is 0 Å². The van der Waals surface area contributed by atoms with Crippen molar-refractivity contribution in [1.29, 1.82) is 0 Å². The summed E-state index contributed by atoms with van der Waals surface area (Å²) >= 11 is 0. The third kappa shape index (κ3) is 5.44. The van der Waals surface area contributed by atoms with E-state index in [2.05, 4.69) is 20.8 Å². The lowest BCUT2D eigenvalue weighted by Gasteiger charge is -2.05. The van der Waals surface area contributed by atoms with Gasteiger partial charge in [0.15, 0.2) is 0 Å². The molecule has 5 nitrogen and oxygen atoms in total. The fraction of sp³-hybridized carbons (Fsp3) is 0.188. The van der Waals surface area contributed by atoms with Crippen molar-refractivity contribution in [1.82, 2.24) is 10.4 Å². The van der Waals surface area contributed by atoms with Crippen molar-refractivity contribution < 1.29 is 4.79 Å². The Morgan fingerprint density at radius 2 is 1.86 bits per heavy atom. The van der Waals surface area contributed by atoms with E-state index in [1.807, 2.05) is 49.4 Å². The van der Waals surface area contributed by atoms with Gasteiger partial charge in [-0.2, -0.15) is 5.10 Å². The molecule has 0 spiro atoms. The van der Waals surface area contributed by atoms with E-state index in [9.17, 15) is 4.79 Å². The number of para-hydroxylation sites is 1. The number of carbonyl (C=O) groups excluding carboxylic acids is 1. The summed E-state index contributed by atoms with van der Waals surface area (Å²) < 4.78 is 0. The van der Waals surface area contributed by atoms with Crippen LogP contribution in [0.5, 0.6) is 0 Å². The Kier molecular flexibility index (Phi) is 5.46. The van der Waals surface area contributed by atoms with Crippen LogP contribution in [-0.4, -0.2) is 16.6 Å². The van der Waals surface area contributed by atoms with Crippen LogP contribution < -0.4 is 10.7 Å². The second-order valence-electron chi connectivity index (χ2n) is 4.63. The highest BCUT2D eigenvalue weighted by Crippen LogP contribution is 2.05. The second-order valence-corrected chi connectivity index (χ2v) is 4.63. The molecule has 2 N–H and O–H groups in total. The van der Waals surface area contributed by atoms with Gasteiger partial charge < -0.3 is 10.7 Å². The Hall–Kier alpha value is -2.69. The molecule has 0 saturated carbocycles. The molecule has 2 rings (SSSR count). The zero-order valence-electron chi connectivity index (χ0n) is 11.9. The van der Waals surface area contributed by atoms with Crippen LogP contribution in [0.2, 0.25) is 0 Å². The van der Waals surface area contributed by atoms with Gasteiger partial charge in [-0.1, -0.05) is 18.2 Å². The number of pyridine rings is 1. The van der Waals surface area contributed by atoms with E-state index in [1.165, 1.54) is 0 Å². The molecule has 1 heterocycles. The smallest absolute Gasteiger partial charge is 0.230 e. The van der Waals surface area contributed by atoms with Crippen molar-refractivity contribution in [2.24, 2.45) is 5.10 Å². The number of carbonyl (C=O) groups is 1. The first-order valence-electron chi connectivity index (χ1n) is 6.74. The predicted octanol–water partition coefficient (Wildman–Crippen LogP) is 2.58. The van der Waals surface area contributed by atoms with Crippen LogP contribution >= 0.6 is 0 Å². The maximum absolute atomic E-state index is 11.8. The number of benzene rings is 1. The van der Waals surface area contributed by atoms with Gasteiger partial charge in [-0.3, -0.25) is 9.78 Å². The van der Waals surface area contributed by atoms with E-state index in [4.69, 9.17) is 0 Å². The number of nitrogens with one attached hydrogen (secondary N) is 2. The molecule has 1 amide bonds. The highest BCUT2D eigenvalue weighted by Gasteiger charge is 2.04. The van der Waals surface area contributed by atoms with Crippen LogP contribution in [0, 0.1) is 0 Å². The van der Waals surface area contributed by atoms with Gasteiger partial charge in [-0.25, -0.2) is 0 Å². The fourth-order valence-electron chi connectivity index (χ4n) is 1.76. The number of hydrogen-bond donors (Lipinski definition) is 2. The van der Waals surface area contributed by atoms with Gasteiger partial charge in [-0.15, -0.1) is 0 Å². The Morgan fingerprint density at radius 1 is 1.14 bits per heavy atom. The molecule has 108 valence electrons. The molecular weight excluding hydrogens is 264 g/mol. The SMILES string of the molecule is CC(CC(=O)Nc1ccccc1)=NNCc1ccncc1. The fourth-order valence-corrected chi connectivity index (χ4v) is 1.76. The average molecular weight is 282 g/mol. The molecule has 21 heavy (non-hydrogen) atoms. The molecule has 0 radical (unpaired) electrons. The van der Waals surface area contributed by atoms with Crippen LogP contribution in [0.25, 0.3) is 0 Å². The molecule has 1 aromatic heterocycles. The third-order valence-corrected chi connectivity index (χ3v) is 2.78. The Morgan fingerprint density at radius 3 is 2.57 bits per heavy atom. The molecule has 0 bridgehead atoms. The molecular formula is C16H18N4O. The summed E-state index contributed by atoms with van der Waals surface area (Å²) in [5, 5.41) is 7.01. The number of aromatic nitrogens is 1. The molecule has 0 aliphatic carbocycles. The van der Waals surface area contributed by atoms with Gasteiger partial charge in [0, 0.05) is 23.8 Å². The van der Waals surface area contributed by atoms with Gasteiger partial charge in [0.1, 0.15) is 0 Å². The topological polar surface area (TPSA) is 66.4 Å². The lowest BCUT2D eigenvalue weighted by molar-refractivity contribution is -0.115. The predicted molar refractivity (Wildman–Crippen MR) is 83.9 cm³/mol. The van der Waals surface area contributed by atoms with E-state index < -0.39 is 0 Å². The van der Waals surface area contributed by atoms with Crippen molar-refractivity contribution >= 4 is 17.3 Å². The molecule has 5 heteroatoms. The molecule has 0 saturated heterocycles. The first kappa shape index (κ1) is 14.7. The molecule has 0 fully saturated rings. The number of amides is 1. The van der Waals surface area contributed by atoms with Crippen LogP contribution in [-0.2, 0) is 11.3 Å². The number of anilines is 1. The summed E-state index contributed by atoms with van der Waals surface area (Å²) in [6.45, 7) is 2.43. The zero-order chi connectivity index (χ0) is 14.9. The van der Waals surface area contributed by atoms with Crippen molar-refractivity contribution in [3.63, 3.8) is 0 Å². The summed E-state index contributed by atoms with van der Waals surface area (Å²) in [6.07, 6.45) is 3.74. The van der Waals surface area contributed by atoms with Gasteiger partial charge in [-0.05, 0) is 36.8 Å². The van der Waals surface area contributed by atoms with Gasteiger partial charge in [0.2, 0.25) is 5.91 Å². The van der Waals surface area contributed by atoms with E-state index in [0.29, 0.717) is 6.54 Å². The largest absolute Gasteiger partial charge is 0.326 e. The van der Waals surface area contributed by atoms with E-state index in [-0.39, 0.29) is 12.3 Å². The molecule has 0 atom stereocenters. The van der Waals surface area contributed by atoms with Crippen LogP contribution in [0.1, 0.15) is 18.9 Å². The van der Waals surface area contributed by atoms with Crippen molar-refractivity contribution in [2.45, 2.75) is 19.9 Å². The second kappa shape index (κ2) is 7.79. The first-order chi connectivity index (χ1) is 10.2. The summed E-state index contributed by atoms with van der Waals surface area (Å²) in [4.78, 5) is 15.8. The maximum atomic E-state index is 11.8. The minimum absolute atomic E-state index is 0.0758. The van der Waals surface area contributed by atoms with E-state index in [1.54, 1.807) is 12.4 Å². The van der Waals surface area contributed by atoms with Crippen molar-refractivity contribution in [3.8, 4) is 0 Å². The Balaban J connectivity index is 1.76. The molecule has 1 aromatic carbocycles.